The molecule has 0 fully saturated rings. The molecule has 0 aliphatic heterocycles. The number of aromatic carboxylic acids is 1. The first-order chi connectivity index (χ1) is 7.58. The van der Waals surface area contributed by atoms with Crippen LogP contribution in [0.5, 0.6) is 0 Å². The molecular formula is C11H11N3O2. The molecule has 1 N–H and O–H groups in total. The number of pyridine rings is 1. The van der Waals surface area contributed by atoms with Crippen LogP contribution in [0.1, 0.15) is 16.2 Å². The van der Waals surface area contributed by atoms with E-state index >= 15 is 0 Å². The van der Waals surface area contributed by atoms with Gasteiger partial charge in [0.2, 0.25) is 0 Å². The maximum Gasteiger partial charge on any atom is 0.354 e. The standard InChI is InChI=1S/C11H11N3O2/c1-7-5-8(3-4-12-7)9-6-10(11(15)16)14(2)13-9/h3-6H,1-2H3,(H,15,16). The molecule has 0 aromatic carbocycles. The summed E-state index contributed by atoms with van der Waals surface area (Å²) in [5, 5.41) is 13.1. The number of nitrogens with zero attached hydrogens (tertiary/aromatic N) is 3. The number of carboxylic acids is 1. The van der Waals surface area contributed by atoms with Gasteiger partial charge in [-0.3, -0.25) is 9.67 Å². The molecule has 0 aliphatic carbocycles. The second kappa shape index (κ2) is 3.77. The highest BCUT2D eigenvalue weighted by atomic mass is 16.4. The molecule has 5 nitrogen and oxygen atoms in total. The third-order valence-electron chi connectivity index (χ3n) is 2.29. The summed E-state index contributed by atoms with van der Waals surface area (Å²) in [6.07, 6.45) is 1.68. The maximum absolute atomic E-state index is 10.9. The molecule has 0 aliphatic rings. The second-order valence-corrected chi connectivity index (χ2v) is 3.53. The number of carbonyl (C=O) groups is 1. The maximum atomic E-state index is 10.9. The zero-order chi connectivity index (χ0) is 11.7. The zero-order valence-electron chi connectivity index (χ0n) is 9.01. The van der Waals surface area contributed by atoms with E-state index in [4.69, 9.17) is 5.11 Å². The van der Waals surface area contributed by atoms with Gasteiger partial charge >= 0.3 is 5.97 Å². The van der Waals surface area contributed by atoms with Crippen molar-refractivity contribution in [1.82, 2.24) is 14.8 Å². The highest BCUT2D eigenvalue weighted by molar-refractivity contribution is 5.87. The Morgan fingerprint density at radius 2 is 2.19 bits per heavy atom. The molecule has 2 heterocycles. The summed E-state index contributed by atoms with van der Waals surface area (Å²) in [6.45, 7) is 1.88. The molecule has 0 saturated carbocycles. The van der Waals surface area contributed by atoms with E-state index in [-0.39, 0.29) is 5.69 Å². The second-order valence-electron chi connectivity index (χ2n) is 3.53. The average molecular weight is 217 g/mol. The highest BCUT2D eigenvalue weighted by Gasteiger charge is 2.12. The van der Waals surface area contributed by atoms with E-state index in [9.17, 15) is 4.79 Å². The van der Waals surface area contributed by atoms with Gasteiger partial charge in [-0.1, -0.05) is 0 Å². The van der Waals surface area contributed by atoms with Gasteiger partial charge < -0.3 is 5.11 Å². The monoisotopic (exact) mass is 217 g/mol. The summed E-state index contributed by atoms with van der Waals surface area (Å²) in [7, 11) is 1.61. The topological polar surface area (TPSA) is 68.0 Å². The quantitative estimate of drug-likeness (QED) is 0.827. The van der Waals surface area contributed by atoms with Gasteiger partial charge in [-0.15, -0.1) is 0 Å². The molecule has 0 bridgehead atoms. The number of hydrogen-bond acceptors (Lipinski definition) is 3. The van der Waals surface area contributed by atoms with Crippen molar-refractivity contribution in [1.29, 1.82) is 0 Å². The van der Waals surface area contributed by atoms with E-state index in [0.29, 0.717) is 5.69 Å². The van der Waals surface area contributed by atoms with Crippen molar-refractivity contribution in [2.45, 2.75) is 6.92 Å². The Morgan fingerprint density at radius 3 is 2.75 bits per heavy atom. The molecule has 0 radical (unpaired) electrons. The molecular weight excluding hydrogens is 206 g/mol. The molecule has 0 amide bonds. The van der Waals surface area contributed by atoms with Gasteiger partial charge in [0.25, 0.3) is 0 Å². The fourth-order valence-corrected chi connectivity index (χ4v) is 1.51. The molecule has 0 spiro atoms. The van der Waals surface area contributed by atoms with Crippen LogP contribution in [-0.2, 0) is 7.05 Å². The predicted molar refractivity (Wildman–Crippen MR) is 58.1 cm³/mol. The predicted octanol–water partition coefficient (Wildman–Crippen LogP) is 1.49. The van der Waals surface area contributed by atoms with Crippen LogP contribution >= 0.6 is 0 Å². The summed E-state index contributed by atoms with van der Waals surface area (Å²) in [4.78, 5) is 14.9. The summed E-state index contributed by atoms with van der Waals surface area (Å²) >= 11 is 0. The number of hydrogen-bond donors (Lipinski definition) is 1. The minimum Gasteiger partial charge on any atom is -0.477 e. The Kier molecular flexibility index (Phi) is 2.44. The van der Waals surface area contributed by atoms with Crippen LogP contribution in [0.3, 0.4) is 0 Å². The summed E-state index contributed by atoms with van der Waals surface area (Å²) in [6, 6.07) is 5.23. The summed E-state index contributed by atoms with van der Waals surface area (Å²) < 4.78 is 1.35. The van der Waals surface area contributed by atoms with Crippen LogP contribution in [0, 0.1) is 6.92 Å². The molecule has 16 heavy (non-hydrogen) atoms. The fourth-order valence-electron chi connectivity index (χ4n) is 1.51. The number of carboxylic acid groups (broad SMARTS) is 1. The SMILES string of the molecule is Cc1cc(-c2cc(C(=O)O)n(C)n2)ccn1. The molecule has 0 unspecified atom stereocenters. The van der Waals surface area contributed by atoms with Crippen LogP contribution < -0.4 is 0 Å². The molecule has 0 saturated heterocycles. The lowest BCUT2D eigenvalue weighted by atomic mass is 10.1. The number of aryl methyl sites for hydroxylation is 2. The van der Waals surface area contributed by atoms with Crippen LogP contribution in [0.15, 0.2) is 24.4 Å². The van der Waals surface area contributed by atoms with E-state index in [2.05, 4.69) is 10.1 Å². The lowest BCUT2D eigenvalue weighted by Crippen LogP contribution is -2.04. The van der Waals surface area contributed by atoms with Crippen molar-refractivity contribution in [3.63, 3.8) is 0 Å². The summed E-state index contributed by atoms with van der Waals surface area (Å²) in [5.41, 5.74) is 2.56. The Hall–Kier alpha value is -2.17. The minimum atomic E-state index is -0.980. The molecule has 5 heteroatoms. The van der Waals surface area contributed by atoms with Gasteiger partial charge in [0, 0.05) is 24.5 Å². The smallest absolute Gasteiger partial charge is 0.354 e. The van der Waals surface area contributed by atoms with Crippen LogP contribution in [0.4, 0.5) is 0 Å². The Morgan fingerprint density at radius 1 is 1.44 bits per heavy atom. The van der Waals surface area contributed by atoms with Gasteiger partial charge in [0.1, 0.15) is 5.69 Å². The van der Waals surface area contributed by atoms with Crippen molar-refractivity contribution in [3.8, 4) is 11.3 Å². The van der Waals surface area contributed by atoms with Crippen molar-refractivity contribution in [2.75, 3.05) is 0 Å². The van der Waals surface area contributed by atoms with Gasteiger partial charge in [-0.25, -0.2) is 4.79 Å². The van der Waals surface area contributed by atoms with E-state index in [1.165, 1.54) is 4.68 Å². The first-order valence-electron chi connectivity index (χ1n) is 4.78. The highest BCUT2D eigenvalue weighted by Crippen LogP contribution is 2.18. The molecule has 2 aromatic heterocycles. The number of aromatic nitrogens is 3. The Labute approximate surface area is 92.4 Å². The van der Waals surface area contributed by atoms with Crippen LogP contribution in [0.25, 0.3) is 11.3 Å². The van der Waals surface area contributed by atoms with Crippen molar-refractivity contribution < 1.29 is 9.90 Å². The Bertz CT molecular complexity index is 546. The van der Waals surface area contributed by atoms with E-state index in [1.807, 2.05) is 13.0 Å². The van der Waals surface area contributed by atoms with Crippen LogP contribution in [0.2, 0.25) is 0 Å². The van der Waals surface area contributed by atoms with Crippen molar-refractivity contribution >= 4 is 5.97 Å². The van der Waals surface area contributed by atoms with E-state index in [0.717, 1.165) is 11.3 Å². The van der Waals surface area contributed by atoms with Gasteiger partial charge in [-0.2, -0.15) is 5.10 Å². The van der Waals surface area contributed by atoms with Crippen LogP contribution in [-0.4, -0.2) is 25.8 Å². The minimum absolute atomic E-state index is 0.171. The third-order valence-corrected chi connectivity index (χ3v) is 2.29. The van der Waals surface area contributed by atoms with E-state index < -0.39 is 5.97 Å². The van der Waals surface area contributed by atoms with E-state index in [1.54, 1.807) is 25.4 Å². The molecule has 82 valence electrons. The van der Waals surface area contributed by atoms with Crippen molar-refractivity contribution in [3.05, 3.63) is 35.8 Å². The lowest BCUT2D eigenvalue weighted by Gasteiger charge is -1.96. The van der Waals surface area contributed by atoms with Gasteiger partial charge in [-0.05, 0) is 25.1 Å². The average Bonchev–Trinajstić information content (AvgIpc) is 2.60. The molecule has 0 atom stereocenters. The Balaban J connectivity index is 2.49. The fraction of sp³-hybridized carbons (Fsp3) is 0.182. The van der Waals surface area contributed by atoms with Crippen molar-refractivity contribution in [2.24, 2.45) is 7.05 Å². The molecule has 2 aromatic rings. The van der Waals surface area contributed by atoms with Gasteiger partial charge in [0.05, 0.1) is 5.69 Å². The zero-order valence-corrected chi connectivity index (χ0v) is 9.01. The lowest BCUT2D eigenvalue weighted by molar-refractivity contribution is 0.0685. The first-order valence-corrected chi connectivity index (χ1v) is 4.78. The normalized spacial score (nSPS) is 10.4. The largest absolute Gasteiger partial charge is 0.477 e. The first kappa shape index (κ1) is 10.4. The third kappa shape index (κ3) is 1.79. The summed E-state index contributed by atoms with van der Waals surface area (Å²) in [5.74, 6) is -0.980. The number of rotatable bonds is 2. The van der Waals surface area contributed by atoms with Gasteiger partial charge in [0.15, 0.2) is 0 Å². The molecule has 2 rings (SSSR count).